The number of aliphatic hydroxyl groups is 1. The van der Waals surface area contributed by atoms with Crippen LogP contribution in [0.2, 0.25) is 0 Å². The summed E-state index contributed by atoms with van der Waals surface area (Å²) < 4.78 is 0. The van der Waals surface area contributed by atoms with E-state index in [0.29, 0.717) is 0 Å². The summed E-state index contributed by atoms with van der Waals surface area (Å²) >= 11 is 0. The molecule has 0 spiro atoms. The highest BCUT2D eigenvalue weighted by Crippen LogP contribution is 2.26. The predicted octanol–water partition coefficient (Wildman–Crippen LogP) is 1.88. The molecular formula is C15H24N2O. The molecule has 3 nitrogen and oxygen atoms in total. The van der Waals surface area contributed by atoms with E-state index in [1.807, 2.05) is 12.1 Å². The van der Waals surface area contributed by atoms with Crippen molar-refractivity contribution in [2.45, 2.75) is 44.9 Å². The van der Waals surface area contributed by atoms with Gasteiger partial charge in [-0.2, -0.15) is 0 Å². The van der Waals surface area contributed by atoms with Gasteiger partial charge in [0, 0.05) is 12.6 Å². The number of benzene rings is 1. The van der Waals surface area contributed by atoms with Gasteiger partial charge in [0.15, 0.2) is 0 Å². The normalized spacial score (nSPS) is 15.9. The zero-order chi connectivity index (χ0) is 12.8. The van der Waals surface area contributed by atoms with Crippen molar-refractivity contribution in [3.63, 3.8) is 0 Å². The van der Waals surface area contributed by atoms with Gasteiger partial charge in [0.1, 0.15) is 0 Å². The smallest absolute Gasteiger partial charge is 0.0681 e. The van der Waals surface area contributed by atoms with E-state index < -0.39 is 0 Å². The van der Waals surface area contributed by atoms with Gasteiger partial charge < -0.3 is 10.8 Å². The molecule has 100 valence electrons. The molecule has 0 bridgehead atoms. The Hall–Kier alpha value is -0.900. The third-order valence-electron chi connectivity index (χ3n) is 3.83. The quantitative estimate of drug-likeness (QED) is 0.774. The summed E-state index contributed by atoms with van der Waals surface area (Å²) in [6.07, 6.45) is 5.11. The molecule has 3 heteroatoms. The van der Waals surface area contributed by atoms with Gasteiger partial charge >= 0.3 is 0 Å². The van der Waals surface area contributed by atoms with Crippen molar-refractivity contribution in [1.82, 2.24) is 4.90 Å². The second-order valence-corrected chi connectivity index (χ2v) is 5.17. The van der Waals surface area contributed by atoms with Crippen LogP contribution in [0.3, 0.4) is 0 Å². The summed E-state index contributed by atoms with van der Waals surface area (Å²) in [5, 5.41) is 9.04. The molecule has 0 heterocycles. The second-order valence-electron chi connectivity index (χ2n) is 5.17. The van der Waals surface area contributed by atoms with Crippen molar-refractivity contribution in [1.29, 1.82) is 0 Å². The molecule has 0 aliphatic heterocycles. The lowest BCUT2D eigenvalue weighted by atomic mass is 9.91. The third-order valence-corrected chi connectivity index (χ3v) is 3.83. The number of aliphatic hydroxyl groups excluding tert-OH is 1. The molecule has 1 aromatic carbocycles. The first-order valence-corrected chi connectivity index (χ1v) is 6.96. The number of hydrogen-bond acceptors (Lipinski definition) is 3. The summed E-state index contributed by atoms with van der Waals surface area (Å²) in [7, 11) is 0. The van der Waals surface area contributed by atoms with Gasteiger partial charge in [-0.25, -0.2) is 0 Å². The molecule has 1 saturated carbocycles. The van der Waals surface area contributed by atoms with Gasteiger partial charge in [-0.05, 0) is 43.5 Å². The lowest BCUT2D eigenvalue weighted by molar-refractivity contribution is 0.118. The van der Waals surface area contributed by atoms with Crippen LogP contribution in [-0.2, 0) is 13.2 Å². The lowest BCUT2D eigenvalue weighted by Crippen LogP contribution is -2.40. The van der Waals surface area contributed by atoms with Gasteiger partial charge in [-0.15, -0.1) is 0 Å². The Labute approximate surface area is 110 Å². The minimum absolute atomic E-state index is 0.125. The highest BCUT2D eigenvalue weighted by Gasteiger charge is 2.24. The van der Waals surface area contributed by atoms with Crippen LogP contribution in [0.1, 0.15) is 36.8 Å². The molecule has 0 amide bonds. The van der Waals surface area contributed by atoms with E-state index >= 15 is 0 Å². The van der Waals surface area contributed by atoms with E-state index in [4.69, 9.17) is 10.8 Å². The summed E-state index contributed by atoms with van der Waals surface area (Å²) in [6, 6.07) is 9.03. The molecule has 2 rings (SSSR count). The molecule has 0 atom stereocenters. The molecule has 1 aromatic rings. The Bertz CT molecular complexity index is 346. The maximum absolute atomic E-state index is 9.04. The fourth-order valence-electron chi connectivity index (χ4n) is 2.42. The van der Waals surface area contributed by atoms with Gasteiger partial charge in [0.25, 0.3) is 0 Å². The maximum atomic E-state index is 9.04. The van der Waals surface area contributed by atoms with Crippen molar-refractivity contribution >= 4 is 0 Å². The number of hydrogen-bond donors (Lipinski definition) is 2. The van der Waals surface area contributed by atoms with Crippen molar-refractivity contribution < 1.29 is 5.11 Å². The van der Waals surface area contributed by atoms with Crippen LogP contribution in [0.25, 0.3) is 0 Å². The number of nitrogens with zero attached hydrogens (tertiary/aromatic N) is 1. The molecule has 0 saturated heterocycles. The predicted molar refractivity (Wildman–Crippen MR) is 74.1 cm³/mol. The van der Waals surface area contributed by atoms with Crippen LogP contribution < -0.4 is 5.73 Å². The van der Waals surface area contributed by atoms with Gasteiger partial charge in [-0.3, -0.25) is 4.90 Å². The van der Waals surface area contributed by atoms with Crippen molar-refractivity contribution in [2.75, 3.05) is 13.1 Å². The van der Waals surface area contributed by atoms with Crippen LogP contribution in [0.5, 0.6) is 0 Å². The second kappa shape index (κ2) is 6.88. The summed E-state index contributed by atoms with van der Waals surface area (Å²) in [4.78, 5) is 2.56. The van der Waals surface area contributed by atoms with Crippen molar-refractivity contribution in [3.8, 4) is 0 Å². The first-order valence-electron chi connectivity index (χ1n) is 6.96. The van der Waals surface area contributed by atoms with Crippen molar-refractivity contribution in [3.05, 3.63) is 35.4 Å². The minimum atomic E-state index is 0.125. The SMILES string of the molecule is NCCCN(Cc1ccc(CO)cc1)C1CCC1. The van der Waals surface area contributed by atoms with Crippen LogP contribution in [-0.4, -0.2) is 29.1 Å². The Morgan fingerprint density at radius 2 is 1.83 bits per heavy atom. The molecule has 18 heavy (non-hydrogen) atoms. The largest absolute Gasteiger partial charge is 0.392 e. The standard InChI is InChI=1S/C15H24N2O/c16-9-2-10-17(15-3-1-4-15)11-13-5-7-14(12-18)8-6-13/h5-8,15,18H,1-4,9-12,16H2. The summed E-state index contributed by atoms with van der Waals surface area (Å²) in [5.74, 6) is 0. The highest BCUT2D eigenvalue weighted by molar-refractivity contribution is 5.22. The van der Waals surface area contributed by atoms with E-state index in [0.717, 1.165) is 37.7 Å². The van der Waals surface area contributed by atoms with Crippen LogP contribution in [0, 0.1) is 0 Å². The number of nitrogens with two attached hydrogens (primary N) is 1. The Morgan fingerprint density at radius 3 is 2.33 bits per heavy atom. The van der Waals surface area contributed by atoms with E-state index in [2.05, 4.69) is 17.0 Å². The van der Waals surface area contributed by atoms with Gasteiger partial charge in [0.05, 0.1) is 6.61 Å². The highest BCUT2D eigenvalue weighted by atomic mass is 16.3. The Balaban J connectivity index is 1.93. The van der Waals surface area contributed by atoms with E-state index in [1.165, 1.54) is 24.8 Å². The summed E-state index contributed by atoms with van der Waals surface area (Å²) in [6.45, 7) is 3.01. The molecule has 3 N–H and O–H groups in total. The minimum Gasteiger partial charge on any atom is -0.392 e. The molecule has 0 aromatic heterocycles. The first kappa shape index (κ1) is 13.5. The molecule has 1 fully saturated rings. The molecule has 0 radical (unpaired) electrons. The zero-order valence-electron chi connectivity index (χ0n) is 11.0. The Morgan fingerprint density at radius 1 is 1.17 bits per heavy atom. The van der Waals surface area contributed by atoms with Gasteiger partial charge in [-0.1, -0.05) is 30.7 Å². The molecular weight excluding hydrogens is 224 g/mol. The molecule has 1 aliphatic carbocycles. The fourth-order valence-corrected chi connectivity index (χ4v) is 2.42. The van der Waals surface area contributed by atoms with Crippen molar-refractivity contribution in [2.24, 2.45) is 5.73 Å². The lowest BCUT2D eigenvalue weighted by Gasteiger charge is -2.37. The average molecular weight is 248 g/mol. The molecule has 0 unspecified atom stereocenters. The van der Waals surface area contributed by atoms with E-state index in [9.17, 15) is 0 Å². The average Bonchev–Trinajstić information content (AvgIpc) is 2.34. The fraction of sp³-hybridized carbons (Fsp3) is 0.600. The van der Waals surface area contributed by atoms with Crippen LogP contribution in [0.15, 0.2) is 24.3 Å². The number of rotatable bonds is 7. The van der Waals surface area contributed by atoms with E-state index in [-0.39, 0.29) is 6.61 Å². The first-order chi connectivity index (χ1) is 8.83. The molecule has 1 aliphatic rings. The third kappa shape index (κ3) is 3.55. The summed E-state index contributed by atoms with van der Waals surface area (Å²) in [5.41, 5.74) is 7.93. The van der Waals surface area contributed by atoms with Crippen LogP contribution >= 0.6 is 0 Å². The monoisotopic (exact) mass is 248 g/mol. The van der Waals surface area contributed by atoms with E-state index in [1.54, 1.807) is 0 Å². The Kier molecular flexibility index (Phi) is 5.17. The van der Waals surface area contributed by atoms with Crippen LogP contribution in [0.4, 0.5) is 0 Å². The zero-order valence-corrected chi connectivity index (χ0v) is 11.0. The maximum Gasteiger partial charge on any atom is 0.0681 e. The topological polar surface area (TPSA) is 49.5 Å². The van der Waals surface area contributed by atoms with Gasteiger partial charge in [0.2, 0.25) is 0 Å².